The smallest absolute Gasteiger partial charge is 0.226 e. The Labute approximate surface area is 167 Å². The van der Waals surface area contributed by atoms with Crippen molar-refractivity contribution in [3.05, 3.63) is 59.7 Å². The van der Waals surface area contributed by atoms with E-state index < -0.39 is 5.41 Å². The Morgan fingerprint density at radius 1 is 1.00 bits per heavy atom. The van der Waals surface area contributed by atoms with E-state index in [0.717, 1.165) is 0 Å². The number of amides is 2. The maximum Gasteiger partial charge on any atom is 0.226 e. The van der Waals surface area contributed by atoms with Crippen molar-refractivity contribution in [1.82, 2.24) is 10.2 Å². The average Bonchev–Trinajstić information content (AvgIpc) is 2.74. The molecule has 0 aromatic heterocycles. The van der Waals surface area contributed by atoms with Crippen LogP contribution in [-0.4, -0.2) is 36.9 Å². The highest BCUT2D eigenvalue weighted by Gasteiger charge is 2.42. The zero-order valence-electron chi connectivity index (χ0n) is 17.1. The van der Waals surface area contributed by atoms with Crippen LogP contribution in [0.3, 0.4) is 0 Å². The molecule has 0 bridgehead atoms. The topological polar surface area (TPSA) is 49.4 Å². The molecule has 0 unspecified atom stereocenters. The molecule has 2 aromatic carbocycles. The Morgan fingerprint density at radius 2 is 1.61 bits per heavy atom. The van der Waals surface area contributed by atoms with E-state index in [1.807, 2.05) is 24.0 Å². The molecule has 4 heteroatoms. The molecule has 28 heavy (non-hydrogen) atoms. The van der Waals surface area contributed by atoms with E-state index in [4.69, 9.17) is 0 Å². The van der Waals surface area contributed by atoms with E-state index in [2.05, 4.69) is 48.6 Å². The van der Waals surface area contributed by atoms with Gasteiger partial charge in [-0.25, -0.2) is 0 Å². The van der Waals surface area contributed by atoms with E-state index in [1.165, 1.54) is 22.3 Å². The molecule has 4 nitrogen and oxygen atoms in total. The van der Waals surface area contributed by atoms with Gasteiger partial charge in [0.1, 0.15) is 0 Å². The minimum atomic E-state index is -0.474. The molecule has 3 rings (SSSR count). The lowest BCUT2D eigenvalue weighted by molar-refractivity contribution is -0.140. The molecule has 1 fully saturated rings. The van der Waals surface area contributed by atoms with Crippen molar-refractivity contribution < 1.29 is 9.59 Å². The number of nitrogens with zero attached hydrogens (tertiary/aromatic N) is 1. The summed E-state index contributed by atoms with van der Waals surface area (Å²) in [6.07, 6.45) is 2.59. The third-order valence-corrected chi connectivity index (χ3v) is 6.07. The van der Waals surface area contributed by atoms with Crippen molar-refractivity contribution in [3.8, 4) is 11.1 Å². The highest BCUT2D eigenvalue weighted by molar-refractivity contribution is 5.84. The number of benzene rings is 2. The number of rotatable bonds is 5. The first-order valence-electron chi connectivity index (χ1n) is 10.1. The van der Waals surface area contributed by atoms with Gasteiger partial charge in [0.2, 0.25) is 11.8 Å². The van der Waals surface area contributed by atoms with Crippen LogP contribution >= 0.6 is 0 Å². The Hall–Kier alpha value is -2.62. The molecule has 0 atom stereocenters. The van der Waals surface area contributed by atoms with E-state index >= 15 is 0 Å². The van der Waals surface area contributed by atoms with Gasteiger partial charge in [0.05, 0.1) is 5.41 Å². The second-order valence-electron chi connectivity index (χ2n) is 7.74. The van der Waals surface area contributed by atoms with E-state index in [-0.39, 0.29) is 11.8 Å². The Kier molecular flexibility index (Phi) is 6.18. The van der Waals surface area contributed by atoms with Crippen LogP contribution in [0.1, 0.15) is 37.3 Å². The largest absolute Gasteiger partial charge is 0.359 e. The molecular formula is C24H30N2O2. The van der Waals surface area contributed by atoms with Crippen molar-refractivity contribution in [3.63, 3.8) is 0 Å². The lowest BCUT2D eigenvalue weighted by Crippen LogP contribution is -2.50. The monoisotopic (exact) mass is 378 g/mol. The minimum absolute atomic E-state index is 0.0793. The molecule has 0 spiro atoms. The molecule has 0 saturated carbocycles. The molecule has 1 N–H and O–H groups in total. The number of hydrogen-bond donors (Lipinski definition) is 1. The summed E-state index contributed by atoms with van der Waals surface area (Å²) in [7, 11) is 1.71. The quantitative estimate of drug-likeness (QED) is 0.856. The predicted octanol–water partition coefficient (Wildman–Crippen LogP) is 3.97. The Balaban J connectivity index is 1.93. The molecule has 1 saturated heterocycles. The van der Waals surface area contributed by atoms with Gasteiger partial charge < -0.3 is 10.2 Å². The number of hydrogen-bond acceptors (Lipinski definition) is 2. The molecule has 1 aliphatic heterocycles. The van der Waals surface area contributed by atoms with Gasteiger partial charge in [-0.15, -0.1) is 0 Å². The molecule has 0 radical (unpaired) electrons. The second-order valence-corrected chi connectivity index (χ2v) is 7.74. The number of piperidine rings is 1. The fraction of sp³-hybridized carbons (Fsp3) is 0.417. The summed E-state index contributed by atoms with van der Waals surface area (Å²) in [6, 6.07) is 16.8. The summed E-state index contributed by atoms with van der Waals surface area (Å²) in [5.41, 5.74) is 4.35. The van der Waals surface area contributed by atoms with Crippen molar-refractivity contribution in [1.29, 1.82) is 0 Å². The minimum Gasteiger partial charge on any atom is -0.359 e. The van der Waals surface area contributed by atoms with Crippen molar-refractivity contribution in [2.75, 3.05) is 20.1 Å². The van der Waals surface area contributed by atoms with Crippen LogP contribution in [0.15, 0.2) is 48.5 Å². The number of likely N-dealkylation sites (tertiary alicyclic amines) is 1. The van der Waals surface area contributed by atoms with Crippen molar-refractivity contribution in [2.45, 2.75) is 39.5 Å². The molecule has 1 heterocycles. The van der Waals surface area contributed by atoms with Crippen molar-refractivity contribution >= 4 is 11.8 Å². The van der Waals surface area contributed by atoms with Gasteiger partial charge in [-0.1, -0.05) is 55.5 Å². The van der Waals surface area contributed by atoms with Crippen LogP contribution in [-0.2, 0) is 16.0 Å². The van der Waals surface area contributed by atoms with Gasteiger partial charge in [0.15, 0.2) is 0 Å². The predicted molar refractivity (Wildman–Crippen MR) is 113 cm³/mol. The average molecular weight is 379 g/mol. The van der Waals surface area contributed by atoms with E-state index in [9.17, 15) is 9.59 Å². The first-order valence-corrected chi connectivity index (χ1v) is 10.1. The van der Waals surface area contributed by atoms with Gasteiger partial charge >= 0.3 is 0 Å². The summed E-state index contributed by atoms with van der Waals surface area (Å²) in [5, 5.41) is 2.88. The summed E-state index contributed by atoms with van der Waals surface area (Å²) in [5.74, 6) is 0.251. The first-order chi connectivity index (χ1) is 13.5. The SMILES string of the molecule is CCC(=O)N1CCC(Cc2ccccc2-c2ccccc2C)(C(=O)NC)CC1. The summed E-state index contributed by atoms with van der Waals surface area (Å²) in [6.45, 7) is 5.30. The lowest BCUT2D eigenvalue weighted by Gasteiger charge is -2.41. The summed E-state index contributed by atoms with van der Waals surface area (Å²) in [4.78, 5) is 26.9. The zero-order valence-corrected chi connectivity index (χ0v) is 17.1. The van der Waals surface area contributed by atoms with Crippen LogP contribution < -0.4 is 5.32 Å². The highest BCUT2D eigenvalue weighted by atomic mass is 16.2. The third-order valence-electron chi connectivity index (χ3n) is 6.07. The van der Waals surface area contributed by atoms with E-state index in [0.29, 0.717) is 38.8 Å². The Morgan fingerprint density at radius 3 is 2.21 bits per heavy atom. The van der Waals surface area contributed by atoms with Crippen LogP contribution in [0, 0.1) is 12.3 Å². The fourth-order valence-corrected chi connectivity index (χ4v) is 4.33. The highest BCUT2D eigenvalue weighted by Crippen LogP contribution is 2.38. The number of carbonyl (C=O) groups excluding carboxylic acids is 2. The van der Waals surface area contributed by atoms with Crippen LogP contribution in [0.25, 0.3) is 11.1 Å². The fourth-order valence-electron chi connectivity index (χ4n) is 4.33. The standard InChI is InChI=1S/C24H30N2O2/c1-4-22(27)26-15-13-24(14-16-26,23(28)25-3)17-19-10-6-8-12-21(19)20-11-7-5-9-18(20)2/h5-12H,4,13-17H2,1-3H3,(H,25,28). The van der Waals surface area contributed by atoms with Crippen molar-refractivity contribution in [2.24, 2.45) is 5.41 Å². The van der Waals surface area contributed by atoms with Gasteiger partial charge in [-0.05, 0) is 48.4 Å². The molecule has 2 amide bonds. The molecule has 0 aliphatic carbocycles. The number of nitrogens with one attached hydrogen (secondary N) is 1. The van der Waals surface area contributed by atoms with Gasteiger partial charge in [0, 0.05) is 26.6 Å². The third kappa shape index (κ3) is 3.96. The normalized spacial score (nSPS) is 15.9. The maximum atomic E-state index is 12.9. The summed E-state index contributed by atoms with van der Waals surface area (Å²) < 4.78 is 0. The van der Waals surface area contributed by atoms with Gasteiger partial charge in [-0.2, -0.15) is 0 Å². The number of aryl methyl sites for hydroxylation is 1. The van der Waals surface area contributed by atoms with E-state index in [1.54, 1.807) is 7.05 Å². The zero-order chi connectivity index (χ0) is 20.1. The summed E-state index contributed by atoms with van der Waals surface area (Å²) >= 11 is 0. The molecule has 2 aromatic rings. The second kappa shape index (κ2) is 8.59. The Bertz CT molecular complexity index is 851. The molecule has 1 aliphatic rings. The number of carbonyl (C=O) groups is 2. The first kappa shape index (κ1) is 20.1. The van der Waals surface area contributed by atoms with Gasteiger partial charge in [-0.3, -0.25) is 9.59 Å². The lowest BCUT2D eigenvalue weighted by atomic mass is 9.72. The van der Waals surface area contributed by atoms with Crippen LogP contribution in [0.2, 0.25) is 0 Å². The maximum absolute atomic E-state index is 12.9. The molecule has 148 valence electrons. The molecular weight excluding hydrogens is 348 g/mol. The van der Waals surface area contributed by atoms with Crippen LogP contribution in [0.5, 0.6) is 0 Å². The van der Waals surface area contributed by atoms with Gasteiger partial charge in [0.25, 0.3) is 0 Å². The van der Waals surface area contributed by atoms with Crippen LogP contribution in [0.4, 0.5) is 0 Å².